The van der Waals surface area contributed by atoms with Crippen molar-refractivity contribution in [3.63, 3.8) is 0 Å². The minimum Gasteiger partial charge on any atom is -0.492 e. The first kappa shape index (κ1) is 9.06. The van der Waals surface area contributed by atoms with E-state index in [4.69, 9.17) is 9.84 Å². The second-order valence-corrected chi connectivity index (χ2v) is 3.43. The Labute approximate surface area is 82.3 Å². The molecule has 1 heterocycles. The zero-order valence-electron chi connectivity index (χ0n) is 7.99. The van der Waals surface area contributed by atoms with Crippen LogP contribution in [0.4, 0.5) is 0 Å². The number of carboxylic acids is 1. The van der Waals surface area contributed by atoms with Crippen LogP contribution in [-0.2, 0) is 11.2 Å². The Morgan fingerprint density at radius 2 is 2.43 bits per heavy atom. The molecule has 0 amide bonds. The molecular weight excluding hydrogens is 180 g/mol. The lowest BCUT2D eigenvalue weighted by Gasteiger charge is -2.03. The highest BCUT2D eigenvalue weighted by Crippen LogP contribution is 2.34. The summed E-state index contributed by atoms with van der Waals surface area (Å²) in [5.74, 6) is -0.580. The highest BCUT2D eigenvalue weighted by Gasteiger charge is 2.30. The van der Waals surface area contributed by atoms with Crippen molar-refractivity contribution in [2.75, 3.05) is 6.61 Å². The van der Waals surface area contributed by atoms with Gasteiger partial charge in [0.15, 0.2) is 0 Å². The van der Waals surface area contributed by atoms with E-state index in [0.29, 0.717) is 0 Å². The molecule has 1 aliphatic rings. The van der Waals surface area contributed by atoms with Crippen molar-refractivity contribution in [2.24, 2.45) is 0 Å². The van der Waals surface area contributed by atoms with E-state index < -0.39 is 11.9 Å². The monoisotopic (exact) mass is 192 g/mol. The van der Waals surface area contributed by atoms with Crippen LogP contribution in [0.5, 0.6) is 5.75 Å². The molecule has 1 N–H and O–H groups in total. The summed E-state index contributed by atoms with van der Waals surface area (Å²) < 4.78 is 5.29. The Bertz CT molecular complexity index is 371. The number of rotatable bonds is 2. The molecule has 0 aromatic heterocycles. The number of aliphatic carboxylic acids is 1. The van der Waals surface area contributed by atoms with Gasteiger partial charge >= 0.3 is 5.97 Å². The Hall–Kier alpha value is -1.51. The summed E-state index contributed by atoms with van der Waals surface area (Å²) in [6.07, 6.45) is 0.916. The number of aryl methyl sites for hydroxylation is 1. The maximum absolute atomic E-state index is 10.9. The van der Waals surface area contributed by atoms with Gasteiger partial charge < -0.3 is 9.84 Å². The molecule has 0 spiro atoms. The van der Waals surface area contributed by atoms with Gasteiger partial charge in [0.25, 0.3) is 0 Å². The minimum absolute atomic E-state index is 0.262. The molecule has 3 heteroatoms. The van der Waals surface area contributed by atoms with Gasteiger partial charge in [-0.25, -0.2) is 0 Å². The Balaban J connectivity index is 2.41. The zero-order chi connectivity index (χ0) is 10.1. The van der Waals surface area contributed by atoms with Gasteiger partial charge in [-0.1, -0.05) is 19.1 Å². The van der Waals surface area contributed by atoms with Crippen molar-refractivity contribution in [2.45, 2.75) is 19.3 Å². The molecule has 1 aromatic rings. The maximum atomic E-state index is 10.9. The molecule has 0 saturated heterocycles. The molecule has 1 unspecified atom stereocenters. The topological polar surface area (TPSA) is 46.5 Å². The summed E-state index contributed by atoms with van der Waals surface area (Å²) in [5.41, 5.74) is 1.97. The summed E-state index contributed by atoms with van der Waals surface area (Å²) in [6, 6.07) is 5.77. The number of ether oxygens (including phenoxy) is 1. The lowest BCUT2D eigenvalue weighted by atomic mass is 9.99. The van der Waals surface area contributed by atoms with Gasteiger partial charge in [-0.3, -0.25) is 4.79 Å². The molecule has 0 fully saturated rings. The number of hydrogen-bond acceptors (Lipinski definition) is 2. The van der Waals surface area contributed by atoms with E-state index in [1.165, 1.54) is 0 Å². The Kier molecular flexibility index (Phi) is 2.15. The van der Waals surface area contributed by atoms with Crippen molar-refractivity contribution in [3.05, 3.63) is 29.3 Å². The van der Waals surface area contributed by atoms with E-state index in [9.17, 15) is 4.79 Å². The summed E-state index contributed by atoms with van der Waals surface area (Å²) in [4.78, 5) is 10.9. The fraction of sp³-hybridized carbons (Fsp3) is 0.364. The van der Waals surface area contributed by atoms with Crippen LogP contribution in [0.3, 0.4) is 0 Å². The highest BCUT2D eigenvalue weighted by atomic mass is 16.5. The number of hydrogen-bond donors (Lipinski definition) is 1. The van der Waals surface area contributed by atoms with Gasteiger partial charge in [-0.15, -0.1) is 0 Å². The van der Waals surface area contributed by atoms with Crippen LogP contribution in [-0.4, -0.2) is 17.7 Å². The Morgan fingerprint density at radius 1 is 1.64 bits per heavy atom. The summed E-state index contributed by atoms with van der Waals surface area (Å²) in [5, 5.41) is 8.94. The smallest absolute Gasteiger partial charge is 0.314 e. The van der Waals surface area contributed by atoms with Crippen molar-refractivity contribution < 1.29 is 14.6 Å². The van der Waals surface area contributed by atoms with Crippen molar-refractivity contribution >= 4 is 5.97 Å². The maximum Gasteiger partial charge on any atom is 0.314 e. The van der Waals surface area contributed by atoms with Crippen LogP contribution in [0.25, 0.3) is 0 Å². The fourth-order valence-corrected chi connectivity index (χ4v) is 1.69. The standard InChI is InChI=1S/C11H12O3/c1-2-7-3-4-10-8(5-7)9(6-14-10)11(12)13/h3-5,9H,2,6H2,1H3,(H,12,13). The molecule has 1 atom stereocenters. The quantitative estimate of drug-likeness (QED) is 0.777. The molecule has 0 aliphatic carbocycles. The first-order valence-electron chi connectivity index (χ1n) is 4.70. The SMILES string of the molecule is CCc1ccc2c(c1)C(C(=O)O)CO2. The van der Waals surface area contributed by atoms with Crippen LogP contribution >= 0.6 is 0 Å². The number of carboxylic acid groups (broad SMARTS) is 1. The van der Waals surface area contributed by atoms with Crippen molar-refractivity contribution in [1.29, 1.82) is 0 Å². The molecule has 2 rings (SSSR count). The molecular formula is C11H12O3. The van der Waals surface area contributed by atoms with Crippen molar-refractivity contribution in [1.82, 2.24) is 0 Å². The van der Waals surface area contributed by atoms with Gasteiger partial charge in [-0.2, -0.15) is 0 Å². The van der Waals surface area contributed by atoms with Crippen molar-refractivity contribution in [3.8, 4) is 5.75 Å². The number of benzene rings is 1. The Morgan fingerprint density at radius 3 is 3.07 bits per heavy atom. The van der Waals surface area contributed by atoms with Crippen LogP contribution in [0, 0.1) is 0 Å². The van der Waals surface area contributed by atoms with Crippen LogP contribution < -0.4 is 4.74 Å². The fourth-order valence-electron chi connectivity index (χ4n) is 1.69. The third-order valence-electron chi connectivity index (χ3n) is 2.56. The molecule has 0 saturated carbocycles. The predicted molar refractivity (Wildman–Crippen MR) is 51.7 cm³/mol. The molecule has 1 aliphatic heterocycles. The first-order valence-corrected chi connectivity index (χ1v) is 4.70. The van der Waals surface area contributed by atoms with E-state index in [-0.39, 0.29) is 6.61 Å². The van der Waals surface area contributed by atoms with Gasteiger partial charge in [0.2, 0.25) is 0 Å². The zero-order valence-corrected chi connectivity index (χ0v) is 7.99. The average molecular weight is 192 g/mol. The lowest BCUT2D eigenvalue weighted by molar-refractivity contribution is -0.138. The minimum atomic E-state index is -0.808. The van der Waals surface area contributed by atoms with E-state index in [0.717, 1.165) is 23.3 Å². The largest absolute Gasteiger partial charge is 0.492 e. The summed E-state index contributed by atoms with van der Waals surface area (Å²) >= 11 is 0. The van der Waals surface area contributed by atoms with Gasteiger partial charge in [0, 0.05) is 5.56 Å². The van der Waals surface area contributed by atoms with E-state index in [2.05, 4.69) is 0 Å². The molecule has 0 radical (unpaired) electrons. The lowest BCUT2D eigenvalue weighted by Crippen LogP contribution is -2.12. The van der Waals surface area contributed by atoms with E-state index in [1.54, 1.807) is 0 Å². The van der Waals surface area contributed by atoms with Gasteiger partial charge in [-0.05, 0) is 18.1 Å². The van der Waals surface area contributed by atoms with E-state index >= 15 is 0 Å². The number of carbonyl (C=O) groups is 1. The second kappa shape index (κ2) is 3.33. The van der Waals surface area contributed by atoms with Crippen LogP contribution in [0.15, 0.2) is 18.2 Å². The molecule has 0 bridgehead atoms. The van der Waals surface area contributed by atoms with Gasteiger partial charge in [0.05, 0.1) is 0 Å². The molecule has 1 aromatic carbocycles. The average Bonchev–Trinajstić information content (AvgIpc) is 2.59. The van der Waals surface area contributed by atoms with Gasteiger partial charge in [0.1, 0.15) is 18.3 Å². The third kappa shape index (κ3) is 1.35. The van der Waals surface area contributed by atoms with Crippen LogP contribution in [0.1, 0.15) is 24.0 Å². The third-order valence-corrected chi connectivity index (χ3v) is 2.56. The second-order valence-electron chi connectivity index (χ2n) is 3.43. The number of fused-ring (bicyclic) bond motifs is 1. The summed E-state index contributed by atoms with van der Waals surface area (Å²) in [6.45, 7) is 2.31. The van der Waals surface area contributed by atoms with Crippen LogP contribution in [0.2, 0.25) is 0 Å². The summed E-state index contributed by atoms with van der Waals surface area (Å²) in [7, 11) is 0. The first-order chi connectivity index (χ1) is 6.72. The molecule has 3 nitrogen and oxygen atoms in total. The molecule has 14 heavy (non-hydrogen) atoms. The normalized spacial score (nSPS) is 18.8. The van der Waals surface area contributed by atoms with E-state index in [1.807, 2.05) is 25.1 Å². The highest BCUT2D eigenvalue weighted by molar-refractivity contribution is 5.78. The molecule has 74 valence electrons. The predicted octanol–water partition coefficient (Wildman–Crippen LogP) is 1.81.